The Balaban J connectivity index is 0.000000291. The van der Waals surface area contributed by atoms with Gasteiger partial charge in [0, 0.05) is 0 Å². The highest BCUT2D eigenvalue weighted by Crippen LogP contribution is 2.43. The van der Waals surface area contributed by atoms with E-state index < -0.39 is 0 Å². The van der Waals surface area contributed by atoms with Gasteiger partial charge in [0.2, 0.25) is 0 Å². The molecule has 0 aliphatic heterocycles. The second kappa shape index (κ2) is 3.92. The molecule has 0 bridgehead atoms. The highest BCUT2D eigenvalue weighted by atomic mass is 14.4. The summed E-state index contributed by atoms with van der Waals surface area (Å²) in [6.07, 6.45) is 1.48. The molecular formula is C9H20. The molecule has 0 aromatic rings. The molecule has 1 aliphatic carbocycles. The van der Waals surface area contributed by atoms with E-state index in [2.05, 4.69) is 20.8 Å². The van der Waals surface area contributed by atoms with Gasteiger partial charge >= 0.3 is 0 Å². The normalized spacial score (nSPS) is 31.3. The van der Waals surface area contributed by atoms with Crippen molar-refractivity contribution in [1.82, 2.24) is 0 Å². The summed E-state index contributed by atoms with van der Waals surface area (Å²) < 4.78 is 0. The smallest absolute Gasteiger partial charge is 0.0363 e. The average Bonchev–Trinajstić information content (AvgIpc) is 2.52. The molecular weight excluding hydrogens is 108 g/mol. The van der Waals surface area contributed by atoms with Crippen LogP contribution in [-0.4, -0.2) is 0 Å². The third-order valence-corrected chi connectivity index (χ3v) is 2.03. The van der Waals surface area contributed by atoms with Crippen LogP contribution >= 0.6 is 0 Å². The molecule has 1 saturated carbocycles. The van der Waals surface area contributed by atoms with Crippen LogP contribution in [0.15, 0.2) is 0 Å². The Morgan fingerprint density at radius 3 is 1.56 bits per heavy atom. The number of rotatable bonds is 1. The first kappa shape index (κ1) is 9.00. The largest absolute Gasteiger partial charge is 0.0683 e. The highest BCUT2D eigenvalue weighted by Gasteiger charge is 2.34. The maximum atomic E-state index is 2.34. The van der Waals surface area contributed by atoms with Gasteiger partial charge in [-0.25, -0.2) is 0 Å². The van der Waals surface area contributed by atoms with Gasteiger partial charge in [0.25, 0.3) is 0 Å². The van der Waals surface area contributed by atoms with Crippen molar-refractivity contribution in [3.05, 3.63) is 0 Å². The highest BCUT2D eigenvalue weighted by molar-refractivity contribution is 4.84. The Kier molecular flexibility index (Phi) is 3.92. The Bertz CT molecular complexity index is 64.4. The third-order valence-electron chi connectivity index (χ3n) is 2.03. The topological polar surface area (TPSA) is 0 Å². The summed E-state index contributed by atoms with van der Waals surface area (Å²) in [5.41, 5.74) is 0. The summed E-state index contributed by atoms with van der Waals surface area (Å²) >= 11 is 0. The fourth-order valence-corrected chi connectivity index (χ4v) is 1.28. The molecule has 1 rings (SSSR count). The van der Waals surface area contributed by atoms with Crippen LogP contribution in [0.25, 0.3) is 0 Å². The predicted molar refractivity (Wildman–Crippen MR) is 43.5 cm³/mol. The van der Waals surface area contributed by atoms with E-state index >= 15 is 0 Å². The zero-order valence-corrected chi connectivity index (χ0v) is 7.44. The molecule has 2 unspecified atom stereocenters. The van der Waals surface area contributed by atoms with Crippen molar-refractivity contribution in [2.45, 2.75) is 41.0 Å². The van der Waals surface area contributed by atoms with Gasteiger partial charge in [0.05, 0.1) is 0 Å². The van der Waals surface area contributed by atoms with Crippen LogP contribution in [-0.2, 0) is 0 Å². The second-order valence-corrected chi connectivity index (χ2v) is 3.12. The summed E-state index contributed by atoms with van der Waals surface area (Å²) in [6, 6.07) is 0. The Morgan fingerprint density at radius 2 is 1.56 bits per heavy atom. The van der Waals surface area contributed by atoms with Gasteiger partial charge in [-0.15, -0.1) is 0 Å². The van der Waals surface area contributed by atoms with Gasteiger partial charge in [-0.1, -0.05) is 34.6 Å². The molecule has 0 N–H and O–H groups in total. The first-order valence-electron chi connectivity index (χ1n) is 4.22. The second-order valence-electron chi connectivity index (χ2n) is 3.12. The van der Waals surface area contributed by atoms with E-state index in [0.717, 1.165) is 17.8 Å². The van der Waals surface area contributed by atoms with Crippen molar-refractivity contribution in [3.8, 4) is 0 Å². The van der Waals surface area contributed by atoms with Crippen LogP contribution in [0.5, 0.6) is 0 Å². The minimum Gasteiger partial charge on any atom is -0.0683 e. The van der Waals surface area contributed by atoms with Crippen molar-refractivity contribution in [2.24, 2.45) is 17.8 Å². The van der Waals surface area contributed by atoms with Crippen LogP contribution in [0.1, 0.15) is 41.0 Å². The summed E-state index contributed by atoms with van der Waals surface area (Å²) in [7, 11) is 0. The maximum absolute atomic E-state index is 2.34. The van der Waals surface area contributed by atoms with Crippen molar-refractivity contribution in [1.29, 1.82) is 0 Å². The summed E-state index contributed by atoms with van der Waals surface area (Å²) in [5, 5.41) is 0. The minimum absolute atomic E-state index is 0.940. The molecule has 0 amide bonds. The maximum Gasteiger partial charge on any atom is -0.0363 e. The Labute approximate surface area is 59.7 Å². The van der Waals surface area contributed by atoms with Crippen LogP contribution in [0.4, 0.5) is 0 Å². The monoisotopic (exact) mass is 128 g/mol. The van der Waals surface area contributed by atoms with Gasteiger partial charge < -0.3 is 0 Å². The van der Waals surface area contributed by atoms with Gasteiger partial charge in [-0.05, 0) is 24.2 Å². The molecule has 0 aromatic heterocycles. The molecule has 0 nitrogen and oxygen atoms in total. The third kappa shape index (κ3) is 2.88. The Hall–Kier alpha value is 0. The fourth-order valence-electron chi connectivity index (χ4n) is 1.28. The molecule has 0 radical (unpaired) electrons. The molecule has 0 heteroatoms. The zero-order valence-electron chi connectivity index (χ0n) is 7.44. The summed E-state index contributed by atoms with van der Waals surface area (Å²) in [4.78, 5) is 0. The van der Waals surface area contributed by atoms with Gasteiger partial charge in [-0.2, -0.15) is 0 Å². The minimum atomic E-state index is 0.940. The fraction of sp³-hybridized carbons (Fsp3) is 1.00. The van der Waals surface area contributed by atoms with E-state index in [1.807, 2.05) is 13.8 Å². The molecule has 0 aromatic carbocycles. The first-order valence-corrected chi connectivity index (χ1v) is 4.22. The van der Waals surface area contributed by atoms with Crippen LogP contribution in [0, 0.1) is 17.8 Å². The van der Waals surface area contributed by atoms with E-state index in [1.54, 1.807) is 0 Å². The SMILES string of the molecule is CC.CC(C)C1CC1C. The predicted octanol–water partition coefficient (Wildman–Crippen LogP) is 3.32. The van der Waals surface area contributed by atoms with Crippen LogP contribution < -0.4 is 0 Å². The zero-order chi connectivity index (χ0) is 7.44. The summed E-state index contributed by atoms with van der Waals surface area (Å²) in [6.45, 7) is 11.0. The molecule has 1 fully saturated rings. The number of hydrogen-bond donors (Lipinski definition) is 0. The van der Waals surface area contributed by atoms with Gasteiger partial charge in [0.1, 0.15) is 0 Å². The Morgan fingerprint density at radius 1 is 1.22 bits per heavy atom. The van der Waals surface area contributed by atoms with Crippen LogP contribution in [0.3, 0.4) is 0 Å². The average molecular weight is 128 g/mol. The molecule has 0 saturated heterocycles. The summed E-state index contributed by atoms with van der Waals surface area (Å²) in [5.74, 6) is 3.05. The van der Waals surface area contributed by atoms with E-state index in [4.69, 9.17) is 0 Å². The van der Waals surface area contributed by atoms with Gasteiger partial charge in [-0.3, -0.25) is 0 Å². The quantitative estimate of drug-likeness (QED) is 0.508. The molecule has 1 aliphatic rings. The van der Waals surface area contributed by atoms with E-state index in [1.165, 1.54) is 6.42 Å². The number of hydrogen-bond acceptors (Lipinski definition) is 0. The van der Waals surface area contributed by atoms with E-state index in [-0.39, 0.29) is 0 Å². The molecule has 9 heavy (non-hydrogen) atoms. The lowest BCUT2D eigenvalue weighted by molar-refractivity contribution is 0.530. The van der Waals surface area contributed by atoms with Crippen LogP contribution in [0.2, 0.25) is 0 Å². The standard InChI is InChI=1S/C7H14.C2H6/c1-5(2)7-4-6(7)3;1-2/h5-7H,4H2,1-3H3;1-2H3. The van der Waals surface area contributed by atoms with Crippen molar-refractivity contribution >= 4 is 0 Å². The molecule has 0 heterocycles. The van der Waals surface area contributed by atoms with Gasteiger partial charge in [0.15, 0.2) is 0 Å². The van der Waals surface area contributed by atoms with E-state index in [9.17, 15) is 0 Å². The molecule has 2 atom stereocenters. The molecule has 0 spiro atoms. The lowest BCUT2D eigenvalue weighted by Gasteiger charge is -1.97. The van der Waals surface area contributed by atoms with Crippen molar-refractivity contribution < 1.29 is 0 Å². The first-order chi connectivity index (χ1) is 4.22. The lowest BCUT2D eigenvalue weighted by Crippen LogP contribution is -1.89. The van der Waals surface area contributed by atoms with E-state index in [0.29, 0.717) is 0 Å². The lowest BCUT2D eigenvalue weighted by atomic mass is 10.1. The molecule has 56 valence electrons. The van der Waals surface area contributed by atoms with Crippen molar-refractivity contribution in [2.75, 3.05) is 0 Å². The van der Waals surface area contributed by atoms with Crippen molar-refractivity contribution in [3.63, 3.8) is 0 Å².